The fraction of sp³-hybridized carbons (Fsp3) is 0.500. The van der Waals surface area contributed by atoms with E-state index in [1.165, 1.54) is 12.3 Å². The van der Waals surface area contributed by atoms with Gasteiger partial charge in [0.1, 0.15) is 15.7 Å². The van der Waals surface area contributed by atoms with Gasteiger partial charge in [-0.3, -0.25) is 0 Å². The number of benzene rings is 1. The van der Waals surface area contributed by atoms with E-state index in [1.54, 1.807) is 19.1 Å². The standard InChI is InChI=1S/C14H22FN3O2S/c1-4-16-14(17-7-8-21(3,19)20)18-10-12-5-6-13(15)11(2)9-12/h5-6,9H,4,7-8,10H2,1-3H3,(H2,16,17,18). The van der Waals surface area contributed by atoms with Gasteiger partial charge in [0.15, 0.2) is 5.96 Å². The fourth-order valence-corrected chi connectivity index (χ4v) is 2.14. The molecule has 1 rings (SSSR count). The highest BCUT2D eigenvalue weighted by atomic mass is 32.2. The number of rotatable bonds is 6. The van der Waals surface area contributed by atoms with Gasteiger partial charge in [-0.25, -0.2) is 17.8 Å². The molecule has 0 heterocycles. The lowest BCUT2D eigenvalue weighted by atomic mass is 10.1. The third-order valence-corrected chi connectivity index (χ3v) is 3.70. The summed E-state index contributed by atoms with van der Waals surface area (Å²) in [7, 11) is -3.00. The van der Waals surface area contributed by atoms with E-state index in [1.807, 2.05) is 6.92 Å². The van der Waals surface area contributed by atoms with Gasteiger partial charge in [-0.05, 0) is 31.0 Å². The Kier molecular flexibility index (Phi) is 6.61. The quantitative estimate of drug-likeness (QED) is 0.612. The predicted molar refractivity (Wildman–Crippen MR) is 83.7 cm³/mol. The van der Waals surface area contributed by atoms with Crippen molar-refractivity contribution < 1.29 is 12.8 Å². The van der Waals surface area contributed by atoms with Gasteiger partial charge in [-0.15, -0.1) is 0 Å². The summed E-state index contributed by atoms with van der Waals surface area (Å²) in [5.74, 6) is 0.358. The number of guanidine groups is 1. The highest BCUT2D eigenvalue weighted by Gasteiger charge is 2.03. The first kappa shape index (κ1) is 17.4. The third kappa shape index (κ3) is 7.08. The van der Waals surface area contributed by atoms with E-state index in [4.69, 9.17) is 0 Å². The summed E-state index contributed by atoms with van der Waals surface area (Å²) < 4.78 is 35.3. The van der Waals surface area contributed by atoms with Crippen molar-refractivity contribution in [3.63, 3.8) is 0 Å². The van der Waals surface area contributed by atoms with Crippen molar-refractivity contribution in [2.45, 2.75) is 20.4 Å². The summed E-state index contributed by atoms with van der Waals surface area (Å²) in [5, 5.41) is 5.99. The van der Waals surface area contributed by atoms with Gasteiger partial charge < -0.3 is 10.6 Å². The molecule has 0 aliphatic heterocycles. The van der Waals surface area contributed by atoms with Crippen molar-refractivity contribution in [2.75, 3.05) is 25.1 Å². The Morgan fingerprint density at radius 3 is 2.62 bits per heavy atom. The molecule has 0 saturated carbocycles. The lowest BCUT2D eigenvalue weighted by Gasteiger charge is -2.11. The molecule has 0 aliphatic rings. The van der Waals surface area contributed by atoms with Crippen LogP contribution in [0.5, 0.6) is 0 Å². The van der Waals surface area contributed by atoms with Crippen LogP contribution in [0, 0.1) is 12.7 Å². The van der Waals surface area contributed by atoms with Crippen LogP contribution in [-0.2, 0) is 16.4 Å². The van der Waals surface area contributed by atoms with Crippen LogP contribution in [0.2, 0.25) is 0 Å². The third-order valence-electron chi connectivity index (χ3n) is 2.75. The maximum atomic E-state index is 13.2. The van der Waals surface area contributed by atoms with E-state index in [-0.39, 0.29) is 11.6 Å². The Balaban J connectivity index is 2.64. The monoisotopic (exact) mass is 315 g/mol. The Bertz CT molecular complexity index is 600. The van der Waals surface area contributed by atoms with Crippen LogP contribution < -0.4 is 10.6 Å². The van der Waals surface area contributed by atoms with Gasteiger partial charge in [0.05, 0.1) is 12.3 Å². The average molecular weight is 315 g/mol. The maximum absolute atomic E-state index is 13.2. The van der Waals surface area contributed by atoms with Gasteiger partial charge in [0.2, 0.25) is 0 Å². The van der Waals surface area contributed by atoms with Crippen molar-refractivity contribution in [1.29, 1.82) is 0 Å². The largest absolute Gasteiger partial charge is 0.357 e. The van der Waals surface area contributed by atoms with Crippen LogP contribution in [0.1, 0.15) is 18.1 Å². The molecule has 0 atom stereocenters. The number of nitrogens with one attached hydrogen (secondary N) is 2. The van der Waals surface area contributed by atoms with Crippen molar-refractivity contribution in [1.82, 2.24) is 10.6 Å². The molecule has 0 unspecified atom stereocenters. The minimum atomic E-state index is -3.00. The van der Waals surface area contributed by atoms with Crippen LogP contribution in [0.3, 0.4) is 0 Å². The smallest absolute Gasteiger partial charge is 0.191 e. The van der Waals surface area contributed by atoms with Crippen LogP contribution in [0.15, 0.2) is 23.2 Å². The molecule has 0 amide bonds. The van der Waals surface area contributed by atoms with Gasteiger partial charge in [-0.1, -0.05) is 12.1 Å². The first-order valence-electron chi connectivity index (χ1n) is 6.76. The molecular formula is C14H22FN3O2S. The molecule has 0 saturated heterocycles. The number of aryl methyl sites for hydroxylation is 1. The molecular weight excluding hydrogens is 293 g/mol. The molecule has 0 fully saturated rings. The molecule has 1 aromatic carbocycles. The molecule has 118 valence electrons. The van der Waals surface area contributed by atoms with Crippen LogP contribution in [0.4, 0.5) is 4.39 Å². The molecule has 7 heteroatoms. The Morgan fingerprint density at radius 1 is 1.33 bits per heavy atom. The van der Waals surface area contributed by atoms with E-state index >= 15 is 0 Å². The number of nitrogens with zero attached hydrogens (tertiary/aromatic N) is 1. The summed E-state index contributed by atoms with van der Waals surface area (Å²) in [5.41, 5.74) is 1.48. The second kappa shape index (κ2) is 7.97. The molecule has 5 nitrogen and oxygen atoms in total. The second-order valence-electron chi connectivity index (χ2n) is 4.84. The van der Waals surface area contributed by atoms with Gasteiger partial charge in [0, 0.05) is 19.3 Å². The highest BCUT2D eigenvalue weighted by molar-refractivity contribution is 7.90. The molecule has 0 aliphatic carbocycles. The summed E-state index contributed by atoms with van der Waals surface area (Å²) in [4.78, 5) is 4.35. The van der Waals surface area contributed by atoms with E-state index in [9.17, 15) is 12.8 Å². The number of aliphatic imine (C=N–C) groups is 1. The number of hydrogen-bond acceptors (Lipinski definition) is 3. The summed E-state index contributed by atoms with van der Waals surface area (Å²) in [6, 6.07) is 4.86. The highest BCUT2D eigenvalue weighted by Crippen LogP contribution is 2.09. The van der Waals surface area contributed by atoms with E-state index < -0.39 is 9.84 Å². The first-order chi connectivity index (χ1) is 9.81. The summed E-state index contributed by atoms with van der Waals surface area (Å²) >= 11 is 0. The zero-order chi connectivity index (χ0) is 15.9. The zero-order valence-electron chi connectivity index (χ0n) is 12.6. The van der Waals surface area contributed by atoms with Gasteiger partial charge in [-0.2, -0.15) is 0 Å². The average Bonchev–Trinajstić information content (AvgIpc) is 2.38. The lowest BCUT2D eigenvalue weighted by molar-refractivity contribution is 0.600. The van der Waals surface area contributed by atoms with Crippen molar-refractivity contribution in [2.24, 2.45) is 4.99 Å². The van der Waals surface area contributed by atoms with Crippen LogP contribution in [0.25, 0.3) is 0 Å². The molecule has 0 aromatic heterocycles. The van der Waals surface area contributed by atoms with Crippen LogP contribution >= 0.6 is 0 Å². The van der Waals surface area contributed by atoms with Crippen molar-refractivity contribution in [3.8, 4) is 0 Å². The molecule has 1 aromatic rings. The molecule has 2 N–H and O–H groups in total. The Morgan fingerprint density at radius 2 is 2.05 bits per heavy atom. The van der Waals surface area contributed by atoms with E-state index in [0.29, 0.717) is 31.2 Å². The molecule has 0 spiro atoms. The Labute approximate surface area is 125 Å². The van der Waals surface area contributed by atoms with E-state index in [0.717, 1.165) is 5.56 Å². The van der Waals surface area contributed by atoms with Gasteiger partial charge in [0.25, 0.3) is 0 Å². The lowest BCUT2D eigenvalue weighted by Crippen LogP contribution is -2.39. The zero-order valence-corrected chi connectivity index (χ0v) is 13.4. The fourth-order valence-electron chi connectivity index (χ4n) is 1.67. The maximum Gasteiger partial charge on any atom is 0.191 e. The van der Waals surface area contributed by atoms with Crippen molar-refractivity contribution in [3.05, 3.63) is 35.1 Å². The summed E-state index contributed by atoms with van der Waals surface area (Å²) in [6.45, 7) is 5.00. The van der Waals surface area contributed by atoms with Crippen molar-refractivity contribution >= 4 is 15.8 Å². The molecule has 0 bridgehead atoms. The van der Waals surface area contributed by atoms with E-state index in [2.05, 4.69) is 15.6 Å². The van der Waals surface area contributed by atoms with Crippen LogP contribution in [-0.4, -0.2) is 39.5 Å². The Hall–Kier alpha value is -1.63. The number of sulfone groups is 1. The second-order valence-corrected chi connectivity index (χ2v) is 7.10. The summed E-state index contributed by atoms with van der Waals surface area (Å²) in [6.07, 6.45) is 1.19. The number of halogens is 1. The SMILES string of the molecule is CCNC(=NCc1ccc(F)c(C)c1)NCCS(C)(=O)=O. The number of hydrogen-bond donors (Lipinski definition) is 2. The normalized spacial score (nSPS) is 12.3. The first-order valence-corrected chi connectivity index (χ1v) is 8.83. The topological polar surface area (TPSA) is 70.6 Å². The molecule has 0 radical (unpaired) electrons. The van der Waals surface area contributed by atoms with Gasteiger partial charge >= 0.3 is 0 Å². The minimum absolute atomic E-state index is 0.0487. The minimum Gasteiger partial charge on any atom is -0.357 e. The predicted octanol–water partition coefficient (Wildman–Crippen LogP) is 1.23. The molecule has 21 heavy (non-hydrogen) atoms.